The molecule has 1 aromatic carbocycles. The zero-order valence-corrected chi connectivity index (χ0v) is 15.5. The number of carbonyl (C=O) groups excluding carboxylic acids is 2. The molecule has 136 valence electrons. The van der Waals surface area contributed by atoms with Gasteiger partial charge in [-0.1, -0.05) is 12.1 Å². The highest BCUT2D eigenvalue weighted by Gasteiger charge is 2.19. The minimum atomic E-state index is -0.167. The van der Waals surface area contributed by atoms with Crippen LogP contribution in [0.3, 0.4) is 0 Å². The van der Waals surface area contributed by atoms with Crippen LogP contribution in [0.4, 0.5) is 11.5 Å². The molecule has 1 aliphatic rings. The van der Waals surface area contributed by atoms with Gasteiger partial charge in [0.2, 0.25) is 5.91 Å². The standard InChI is InChI=1S/C20H24N4O2/c1-14-4-5-15(2)18(12-14)22-20(26)17-6-7-19(21-13-17)24-10-8-23(9-11-24)16(3)25/h4-7,12-13H,8-11H2,1-3H3,(H,22,26). The molecule has 1 aromatic heterocycles. The lowest BCUT2D eigenvalue weighted by Crippen LogP contribution is -2.48. The number of amides is 2. The minimum absolute atomic E-state index is 0.107. The molecule has 26 heavy (non-hydrogen) atoms. The second kappa shape index (κ2) is 7.56. The lowest BCUT2D eigenvalue weighted by molar-refractivity contribution is -0.129. The van der Waals surface area contributed by atoms with Gasteiger partial charge >= 0.3 is 0 Å². The molecule has 2 heterocycles. The second-order valence-corrected chi connectivity index (χ2v) is 6.67. The average Bonchev–Trinajstić information content (AvgIpc) is 2.65. The van der Waals surface area contributed by atoms with Crippen molar-refractivity contribution >= 4 is 23.3 Å². The van der Waals surface area contributed by atoms with Gasteiger partial charge in [-0.2, -0.15) is 0 Å². The Morgan fingerprint density at radius 3 is 2.38 bits per heavy atom. The first-order chi connectivity index (χ1) is 12.4. The van der Waals surface area contributed by atoms with Crippen molar-refractivity contribution in [1.29, 1.82) is 0 Å². The smallest absolute Gasteiger partial charge is 0.257 e. The molecule has 1 aliphatic heterocycles. The van der Waals surface area contributed by atoms with E-state index < -0.39 is 0 Å². The molecule has 0 radical (unpaired) electrons. The van der Waals surface area contributed by atoms with Gasteiger partial charge in [0, 0.05) is 45.0 Å². The molecule has 2 amide bonds. The van der Waals surface area contributed by atoms with Crippen molar-refractivity contribution in [3.63, 3.8) is 0 Å². The number of benzene rings is 1. The van der Waals surface area contributed by atoms with Crippen molar-refractivity contribution in [2.75, 3.05) is 36.4 Å². The number of nitrogens with zero attached hydrogens (tertiary/aromatic N) is 3. The Hall–Kier alpha value is -2.89. The summed E-state index contributed by atoms with van der Waals surface area (Å²) in [5.41, 5.74) is 3.47. The van der Waals surface area contributed by atoms with Crippen LogP contribution in [-0.2, 0) is 4.79 Å². The van der Waals surface area contributed by atoms with Gasteiger partial charge in [-0.3, -0.25) is 9.59 Å². The van der Waals surface area contributed by atoms with E-state index in [1.807, 2.05) is 43.0 Å². The van der Waals surface area contributed by atoms with Crippen LogP contribution in [0.25, 0.3) is 0 Å². The average molecular weight is 352 g/mol. The van der Waals surface area contributed by atoms with Gasteiger partial charge in [0.05, 0.1) is 5.56 Å². The number of carbonyl (C=O) groups is 2. The molecule has 0 aliphatic carbocycles. The van der Waals surface area contributed by atoms with Crippen LogP contribution in [0.5, 0.6) is 0 Å². The van der Waals surface area contributed by atoms with Crippen LogP contribution in [0.1, 0.15) is 28.4 Å². The summed E-state index contributed by atoms with van der Waals surface area (Å²) in [7, 11) is 0. The number of piperazine rings is 1. The maximum absolute atomic E-state index is 12.5. The highest BCUT2D eigenvalue weighted by atomic mass is 16.2. The number of aryl methyl sites for hydroxylation is 2. The van der Waals surface area contributed by atoms with Crippen molar-refractivity contribution < 1.29 is 9.59 Å². The van der Waals surface area contributed by atoms with Crippen molar-refractivity contribution in [2.24, 2.45) is 0 Å². The Kier molecular flexibility index (Phi) is 5.21. The largest absolute Gasteiger partial charge is 0.353 e. The van der Waals surface area contributed by atoms with Crippen LogP contribution in [0, 0.1) is 13.8 Å². The molecule has 1 saturated heterocycles. The minimum Gasteiger partial charge on any atom is -0.353 e. The summed E-state index contributed by atoms with van der Waals surface area (Å²) in [5.74, 6) is 0.770. The zero-order valence-electron chi connectivity index (χ0n) is 15.5. The first kappa shape index (κ1) is 17.9. The predicted octanol–water partition coefficient (Wildman–Crippen LogP) is 2.62. The number of hydrogen-bond donors (Lipinski definition) is 1. The Balaban J connectivity index is 1.65. The van der Waals surface area contributed by atoms with Crippen LogP contribution < -0.4 is 10.2 Å². The third kappa shape index (κ3) is 4.02. The number of pyridine rings is 1. The van der Waals surface area contributed by atoms with Crippen LogP contribution in [0.15, 0.2) is 36.5 Å². The summed E-state index contributed by atoms with van der Waals surface area (Å²) in [6.07, 6.45) is 1.60. The summed E-state index contributed by atoms with van der Waals surface area (Å²) in [5, 5.41) is 2.95. The first-order valence-corrected chi connectivity index (χ1v) is 8.79. The fourth-order valence-corrected chi connectivity index (χ4v) is 3.02. The highest BCUT2D eigenvalue weighted by Crippen LogP contribution is 2.18. The Bertz CT molecular complexity index is 809. The molecule has 6 heteroatoms. The molecule has 3 rings (SSSR count). The first-order valence-electron chi connectivity index (χ1n) is 8.79. The molecule has 0 saturated carbocycles. The van der Waals surface area contributed by atoms with Crippen molar-refractivity contribution in [3.8, 4) is 0 Å². The molecule has 6 nitrogen and oxygen atoms in total. The number of rotatable bonds is 3. The summed E-state index contributed by atoms with van der Waals surface area (Å²) in [6.45, 7) is 8.46. The van der Waals surface area contributed by atoms with E-state index in [9.17, 15) is 9.59 Å². The molecule has 0 atom stereocenters. The molecular weight excluding hydrogens is 328 g/mol. The summed E-state index contributed by atoms with van der Waals surface area (Å²) < 4.78 is 0. The van der Waals surface area contributed by atoms with Crippen LogP contribution in [-0.4, -0.2) is 47.9 Å². The van der Waals surface area contributed by atoms with Crippen LogP contribution >= 0.6 is 0 Å². The Morgan fingerprint density at radius 2 is 1.77 bits per heavy atom. The molecule has 1 fully saturated rings. The monoisotopic (exact) mass is 352 g/mol. The van der Waals surface area contributed by atoms with Gasteiger partial charge in [0.15, 0.2) is 0 Å². The van der Waals surface area contributed by atoms with E-state index in [0.717, 1.165) is 35.7 Å². The third-order valence-electron chi connectivity index (χ3n) is 4.70. The van der Waals surface area contributed by atoms with Crippen LogP contribution in [0.2, 0.25) is 0 Å². The van der Waals surface area contributed by atoms with E-state index in [-0.39, 0.29) is 11.8 Å². The highest BCUT2D eigenvalue weighted by molar-refractivity contribution is 6.04. The zero-order chi connectivity index (χ0) is 18.7. The lowest BCUT2D eigenvalue weighted by atomic mass is 10.1. The maximum Gasteiger partial charge on any atom is 0.257 e. The van der Waals surface area contributed by atoms with Gasteiger partial charge in [0.25, 0.3) is 5.91 Å². The number of nitrogens with one attached hydrogen (secondary N) is 1. The molecule has 2 aromatic rings. The van der Waals surface area contributed by atoms with E-state index in [1.165, 1.54) is 0 Å². The van der Waals surface area contributed by atoms with E-state index in [1.54, 1.807) is 19.2 Å². The topological polar surface area (TPSA) is 65.5 Å². The summed E-state index contributed by atoms with van der Waals surface area (Å²) >= 11 is 0. The van der Waals surface area contributed by atoms with Gasteiger partial charge < -0.3 is 15.1 Å². The van der Waals surface area contributed by atoms with Gasteiger partial charge in [-0.05, 0) is 43.2 Å². The normalized spacial score (nSPS) is 14.3. The molecular formula is C20H24N4O2. The Morgan fingerprint density at radius 1 is 1.04 bits per heavy atom. The summed E-state index contributed by atoms with van der Waals surface area (Å²) in [6, 6.07) is 9.63. The van der Waals surface area contributed by atoms with Gasteiger partial charge in [-0.15, -0.1) is 0 Å². The number of aromatic nitrogens is 1. The SMILES string of the molecule is CC(=O)N1CCN(c2ccc(C(=O)Nc3cc(C)ccc3C)cn2)CC1. The van der Waals surface area contributed by atoms with E-state index in [2.05, 4.69) is 15.2 Å². The van der Waals surface area contributed by atoms with Gasteiger partial charge in [0.1, 0.15) is 5.82 Å². The second-order valence-electron chi connectivity index (χ2n) is 6.67. The molecule has 0 unspecified atom stereocenters. The number of anilines is 2. The quantitative estimate of drug-likeness (QED) is 0.922. The van der Waals surface area contributed by atoms with Crippen molar-refractivity contribution in [3.05, 3.63) is 53.2 Å². The van der Waals surface area contributed by atoms with E-state index in [4.69, 9.17) is 0 Å². The molecule has 1 N–H and O–H groups in total. The van der Waals surface area contributed by atoms with Crippen molar-refractivity contribution in [1.82, 2.24) is 9.88 Å². The van der Waals surface area contributed by atoms with E-state index >= 15 is 0 Å². The van der Waals surface area contributed by atoms with Crippen molar-refractivity contribution in [2.45, 2.75) is 20.8 Å². The lowest BCUT2D eigenvalue weighted by Gasteiger charge is -2.34. The molecule has 0 bridgehead atoms. The summed E-state index contributed by atoms with van der Waals surface area (Å²) in [4.78, 5) is 32.3. The van der Waals surface area contributed by atoms with Gasteiger partial charge in [-0.25, -0.2) is 4.98 Å². The fraction of sp³-hybridized carbons (Fsp3) is 0.350. The fourth-order valence-electron chi connectivity index (χ4n) is 3.02. The molecule has 0 spiro atoms. The van der Waals surface area contributed by atoms with E-state index in [0.29, 0.717) is 18.7 Å². The number of hydrogen-bond acceptors (Lipinski definition) is 4. The predicted molar refractivity (Wildman–Crippen MR) is 103 cm³/mol. The Labute approximate surface area is 153 Å². The maximum atomic E-state index is 12.5. The third-order valence-corrected chi connectivity index (χ3v) is 4.70.